The van der Waals surface area contributed by atoms with E-state index in [0.29, 0.717) is 31.5 Å². The van der Waals surface area contributed by atoms with E-state index < -0.39 is 0 Å². The zero-order valence-electron chi connectivity index (χ0n) is 11.1. The summed E-state index contributed by atoms with van der Waals surface area (Å²) in [5, 5.41) is 8.69. The molecule has 0 radical (unpaired) electrons. The van der Waals surface area contributed by atoms with Gasteiger partial charge in [-0.1, -0.05) is 13.3 Å². The van der Waals surface area contributed by atoms with Crippen molar-refractivity contribution in [1.29, 1.82) is 0 Å². The monoisotopic (exact) mass is 253 g/mol. The molecule has 4 heteroatoms. The summed E-state index contributed by atoms with van der Waals surface area (Å²) in [4.78, 5) is 14.5. The fraction of sp³-hybridized carbons (Fsp3) is 0.929. The number of aliphatic hydroxyl groups excluding tert-OH is 1. The molecule has 3 atom stereocenters. The minimum Gasteiger partial charge on any atom is -0.394 e. The Labute approximate surface area is 108 Å². The van der Waals surface area contributed by atoms with Crippen molar-refractivity contribution in [3.63, 3.8) is 0 Å². The van der Waals surface area contributed by atoms with E-state index in [1.807, 2.05) is 4.90 Å². The van der Waals surface area contributed by atoms with E-state index in [9.17, 15) is 4.79 Å². The molecule has 0 spiro atoms. The van der Waals surface area contributed by atoms with E-state index in [2.05, 4.69) is 6.92 Å². The maximum atomic E-state index is 12.6. The van der Waals surface area contributed by atoms with Crippen LogP contribution < -0.4 is 0 Å². The quantitative estimate of drug-likeness (QED) is 0.814. The van der Waals surface area contributed by atoms with Gasteiger partial charge in [-0.3, -0.25) is 4.79 Å². The summed E-state index contributed by atoms with van der Waals surface area (Å²) in [6.45, 7) is 4.04. The predicted octanol–water partition coefficient (Wildman–Crippen LogP) is 1.03. The first-order valence-corrected chi connectivity index (χ1v) is 7.15. The molecule has 1 amide bonds. The predicted molar refractivity (Wildman–Crippen MR) is 67.0 cm³/mol. The van der Waals surface area contributed by atoms with Crippen LogP contribution in [0.3, 0.4) is 0 Å². The van der Waals surface area contributed by atoms with Gasteiger partial charge in [0.15, 0.2) is 0 Å². The summed E-state index contributed by atoms with van der Waals surface area (Å²) in [6, 6.07) is 0. The van der Waals surface area contributed by atoms with Crippen molar-refractivity contribution >= 4 is 5.91 Å². The Hall–Kier alpha value is -0.610. The molecule has 3 aliphatic rings. The second-order valence-corrected chi connectivity index (χ2v) is 6.42. The Bertz CT molecular complexity index is 340. The number of likely N-dealkylation sites (tertiary alicyclic amines) is 1. The average Bonchev–Trinajstić information content (AvgIpc) is 2.87. The standard InChI is InChI=1S/C14H23NO3/c1-14(7-10-2-3-11(14)6-10)13(17)15-8-12(9-15)18-5-4-16/h10-12,16H,2-9H2,1H3. The van der Waals surface area contributed by atoms with Gasteiger partial charge in [-0.25, -0.2) is 0 Å². The van der Waals surface area contributed by atoms with Crippen LogP contribution in [0.25, 0.3) is 0 Å². The van der Waals surface area contributed by atoms with E-state index in [1.54, 1.807) is 0 Å². The maximum Gasteiger partial charge on any atom is 0.228 e. The normalized spacial score (nSPS) is 39.1. The third-order valence-corrected chi connectivity index (χ3v) is 5.22. The summed E-state index contributed by atoms with van der Waals surface area (Å²) in [5.74, 6) is 1.76. The number of aliphatic hydroxyl groups is 1. The molecule has 0 aromatic heterocycles. The fourth-order valence-corrected chi connectivity index (χ4v) is 4.16. The van der Waals surface area contributed by atoms with Gasteiger partial charge >= 0.3 is 0 Å². The molecule has 3 fully saturated rings. The van der Waals surface area contributed by atoms with Crippen molar-refractivity contribution < 1.29 is 14.6 Å². The molecule has 3 unspecified atom stereocenters. The summed E-state index contributed by atoms with van der Waals surface area (Å²) in [6.07, 6.45) is 5.07. The van der Waals surface area contributed by atoms with Crippen molar-refractivity contribution in [3.05, 3.63) is 0 Å². The number of fused-ring (bicyclic) bond motifs is 2. The van der Waals surface area contributed by atoms with Crippen molar-refractivity contribution in [2.45, 2.75) is 38.7 Å². The first-order chi connectivity index (χ1) is 8.63. The number of carbonyl (C=O) groups is 1. The minimum absolute atomic E-state index is 0.0614. The number of amides is 1. The van der Waals surface area contributed by atoms with Gasteiger partial charge in [-0.05, 0) is 31.1 Å². The maximum absolute atomic E-state index is 12.6. The number of hydrogen-bond donors (Lipinski definition) is 1. The van der Waals surface area contributed by atoms with Crippen LogP contribution in [0.5, 0.6) is 0 Å². The van der Waals surface area contributed by atoms with Gasteiger partial charge in [0, 0.05) is 18.5 Å². The third kappa shape index (κ3) is 1.86. The molecule has 1 aliphatic heterocycles. The molecule has 1 saturated heterocycles. The lowest BCUT2D eigenvalue weighted by Gasteiger charge is -2.45. The lowest BCUT2D eigenvalue weighted by atomic mass is 9.73. The summed E-state index contributed by atoms with van der Waals surface area (Å²) in [5.41, 5.74) is -0.0924. The van der Waals surface area contributed by atoms with E-state index in [1.165, 1.54) is 19.3 Å². The molecule has 1 N–H and O–H groups in total. The fourth-order valence-electron chi connectivity index (χ4n) is 4.16. The molecule has 18 heavy (non-hydrogen) atoms. The molecule has 0 aromatic rings. The van der Waals surface area contributed by atoms with Crippen LogP contribution in [0, 0.1) is 17.3 Å². The molecular weight excluding hydrogens is 230 g/mol. The Morgan fingerprint density at radius 3 is 2.78 bits per heavy atom. The van der Waals surface area contributed by atoms with E-state index in [-0.39, 0.29) is 18.1 Å². The van der Waals surface area contributed by atoms with Gasteiger partial charge in [-0.15, -0.1) is 0 Å². The summed E-state index contributed by atoms with van der Waals surface area (Å²) in [7, 11) is 0. The first-order valence-electron chi connectivity index (χ1n) is 7.15. The Morgan fingerprint density at radius 2 is 2.22 bits per heavy atom. The van der Waals surface area contributed by atoms with Gasteiger partial charge in [0.2, 0.25) is 5.91 Å². The van der Waals surface area contributed by atoms with Crippen LogP contribution in [-0.2, 0) is 9.53 Å². The second kappa shape index (κ2) is 4.49. The molecule has 4 nitrogen and oxygen atoms in total. The second-order valence-electron chi connectivity index (χ2n) is 6.42. The lowest BCUT2D eigenvalue weighted by molar-refractivity contribution is -0.158. The highest BCUT2D eigenvalue weighted by molar-refractivity contribution is 5.84. The first kappa shape index (κ1) is 12.4. The Balaban J connectivity index is 1.54. The highest BCUT2D eigenvalue weighted by Crippen LogP contribution is 2.56. The SMILES string of the molecule is CC1(C(=O)N2CC(OCCO)C2)CC2CCC1C2. The van der Waals surface area contributed by atoms with E-state index in [0.717, 1.165) is 12.3 Å². The largest absolute Gasteiger partial charge is 0.394 e. The molecule has 2 bridgehead atoms. The molecule has 2 aliphatic carbocycles. The smallest absolute Gasteiger partial charge is 0.228 e. The lowest BCUT2D eigenvalue weighted by Crippen LogP contribution is -2.59. The van der Waals surface area contributed by atoms with Gasteiger partial charge in [0.1, 0.15) is 0 Å². The van der Waals surface area contributed by atoms with Crippen LogP contribution in [0.15, 0.2) is 0 Å². The molecule has 102 valence electrons. The van der Waals surface area contributed by atoms with Crippen LogP contribution in [0.1, 0.15) is 32.6 Å². The number of rotatable bonds is 4. The average molecular weight is 253 g/mol. The third-order valence-electron chi connectivity index (χ3n) is 5.22. The molecule has 0 aromatic carbocycles. The van der Waals surface area contributed by atoms with E-state index in [4.69, 9.17) is 9.84 Å². The minimum atomic E-state index is -0.0924. The van der Waals surface area contributed by atoms with Gasteiger partial charge in [0.25, 0.3) is 0 Å². The summed E-state index contributed by atoms with van der Waals surface area (Å²) >= 11 is 0. The zero-order chi connectivity index (χ0) is 12.8. The number of hydrogen-bond acceptors (Lipinski definition) is 3. The Morgan fingerprint density at radius 1 is 1.44 bits per heavy atom. The van der Waals surface area contributed by atoms with Crippen molar-refractivity contribution in [1.82, 2.24) is 4.90 Å². The molecule has 2 saturated carbocycles. The molecule has 3 rings (SSSR count). The van der Waals surface area contributed by atoms with Crippen molar-refractivity contribution in [2.24, 2.45) is 17.3 Å². The topological polar surface area (TPSA) is 49.8 Å². The number of ether oxygens (including phenoxy) is 1. The highest BCUT2D eigenvalue weighted by Gasteiger charge is 2.54. The Kier molecular flexibility index (Phi) is 3.10. The van der Waals surface area contributed by atoms with Crippen LogP contribution in [0.4, 0.5) is 0 Å². The van der Waals surface area contributed by atoms with Crippen LogP contribution in [-0.4, -0.2) is 48.3 Å². The van der Waals surface area contributed by atoms with Crippen molar-refractivity contribution in [3.8, 4) is 0 Å². The highest BCUT2D eigenvalue weighted by atomic mass is 16.5. The van der Waals surface area contributed by atoms with Crippen molar-refractivity contribution in [2.75, 3.05) is 26.3 Å². The van der Waals surface area contributed by atoms with Crippen LogP contribution in [0.2, 0.25) is 0 Å². The number of nitrogens with zero attached hydrogens (tertiary/aromatic N) is 1. The van der Waals surface area contributed by atoms with Crippen LogP contribution >= 0.6 is 0 Å². The molecule has 1 heterocycles. The number of carbonyl (C=O) groups excluding carboxylic acids is 1. The molecular formula is C14H23NO3. The van der Waals surface area contributed by atoms with Gasteiger partial charge in [0.05, 0.1) is 19.3 Å². The van der Waals surface area contributed by atoms with Gasteiger partial charge < -0.3 is 14.7 Å². The summed E-state index contributed by atoms with van der Waals surface area (Å²) < 4.78 is 5.42. The van der Waals surface area contributed by atoms with E-state index >= 15 is 0 Å². The van der Waals surface area contributed by atoms with Gasteiger partial charge in [-0.2, -0.15) is 0 Å². The zero-order valence-corrected chi connectivity index (χ0v) is 11.1.